The molecule has 0 aliphatic rings. The van der Waals surface area contributed by atoms with Crippen molar-refractivity contribution in [2.24, 2.45) is 0 Å². The smallest absolute Gasteiger partial charge is 0.303 e. The van der Waals surface area contributed by atoms with Gasteiger partial charge in [-0.15, -0.1) is 0 Å². The number of amides is 1. The lowest BCUT2D eigenvalue weighted by atomic mass is 10.1. The van der Waals surface area contributed by atoms with Crippen LogP contribution in [0.25, 0.3) is 5.57 Å². The number of para-hydroxylation sites is 2. The summed E-state index contributed by atoms with van der Waals surface area (Å²) in [5.74, 6) is 1.13. The Morgan fingerprint density at radius 2 is 1.30 bits per heavy atom. The Hall–Kier alpha value is -3.68. The number of hydrogen-bond acceptors (Lipinski definition) is 6. The fourth-order valence-corrected chi connectivity index (χ4v) is 3.68. The SMILES string of the molecule is CCCCOc1cc(/C(C)=C/C(=O)Nc2ccccc2OCCCC(=O)O)cc(OCCCC)c1OCCCC. The van der Waals surface area contributed by atoms with Gasteiger partial charge in [0.05, 0.1) is 32.1 Å². The third-order valence-corrected chi connectivity index (χ3v) is 6.02. The van der Waals surface area contributed by atoms with Gasteiger partial charge in [0.1, 0.15) is 5.75 Å². The lowest BCUT2D eigenvalue weighted by Gasteiger charge is -2.19. The average molecular weight is 556 g/mol. The highest BCUT2D eigenvalue weighted by Crippen LogP contribution is 2.41. The highest BCUT2D eigenvalue weighted by atomic mass is 16.5. The molecular weight excluding hydrogens is 510 g/mol. The molecule has 0 radical (unpaired) electrons. The zero-order valence-electron chi connectivity index (χ0n) is 24.4. The molecule has 0 unspecified atom stereocenters. The number of allylic oxidation sites excluding steroid dienone is 1. The van der Waals surface area contributed by atoms with Crippen molar-refractivity contribution < 1.29 is 33.6 Å². The van der Waals surface area contributed by atoms with Crippen molar-refractivity contribution in [1.29, 1.82) is 0 Å². The predicted molar refractivity (Wildman–Crippen MR) is 159 cm³/mol. The van der Waals surface area contributed by atoms with Gasteiger partial charge in [0.15, 0.2) is 11.5 Å². The van der Waals surface area contributed by atoms with E-state index >= 15 is 0 Å². The summed E-state index contributed by atoms with van der Waals surface area (Å²) >= 11 is 0. The van der Waals surface area contributed by atoms with Crippen LogP contribution >= 0.6 is 0 Å². The fourth-order valence-electron chi connectivity index (χ4n) is 3.68. The van der Waals surface area contributed by atoms with Crippen LogP contribution in [0.15, 0.2) is 42.5 Å². The van der Waals surface area contributed by atoms with Gasteiger partial charge in [-0.25, -0.2) is 0 Å². The molecule has 0 atom stereocenters. The summed E-state index contributed by atoms with van der Waals surface area (Å²) < 4.78 is 24.1. The molecule has 2 N–H and O–H groups in total. The quantitative estimate of drug-likeness (QED) is 0.129. The summed E-state index contributed by atoms with van der Waals surface area (Å²) in [6.45, 7) is 10.1. The van der Waals surface area contributed by atoms with E-state index in [0.29, 0.717) is 54.9 Å². The maximum atomic E-state index is 13.0. The van der Waals surface area contributed by atoms with Crippen molar-refractivity contribution in [3.05, 3.63) is 48.0 Å². The summed E-state index contributed by atoms with van der Waals surface area (Å²) in [6.07, 6.45) is 7.72. The minimum absolute atomic E-state index is 0.0210. The molecule has 1 amide bonds. The zero-order valence-corrected chi connectivity index (χ0v) is 24.4. The van der Waals surface area contributed by atoms with Crippen LogP contribution in [0, 0.1) is 0 Å². The molecule has 0 bridgehead atoms. The van der Waals surface area contributed by atoms with Crippen LogP contribution in [-0.4, -0.2) is 43.4 Å². The second-order valence-electron chi connectivity index (χ2n) is 9.57. The molecule has 0 aliphatic carbocycles. The Kier molecular flexibility index (Phi) is 15.1. The number of ether oxygens (including phenoxy) is 4. The first-order valence-electron chi connectivity index (χ1n) is 14.4. The fraction of sp³-hybridized carbons (Fsp3) is 0.500. The van der Waals surface area contributed by atoms with Crippen LogP contribution in [0.2, 0.25) is 0 Å². The number of nitrogens with one attached hydrogen (secondary N) is 1. The molecule has 220 valence electrons. The van der Waals surface area contributed by atoms with Gasteiger partial charge in [-0.1, -0.05) is 52.2 Å². The topological polar surface area (TPSA) is 103 Å². The first-order valence-corrected chi connectivity index (χ1v) is 14.4. The molecule has 0 saturated carbocycles. The molecule has 2 aromatic carbocycles. The second-order valence-corrected chi connectivity index (χ2v) is 9.57. The summed E-state index contributed by atoms with van der Waals surface area (Å²) in [7, 11) is 0. The first-order chi connectivity index (χ1) is 19.4. The number of rotatable bonds is 20. The number of hydrogen-bond donors (Lipinski definition) is 2. The monoisotopic (exact) mass is 555 g/mol. The number of anilines is 1. The molecule has 8 heteroatoms. The van der Waals surface area contributed by atoms with Gasteiger partial charge in [-0.2, -0.15) is 0 Å². The Balaban J connectivity index is 2.29. The molecule has 40 heavy (non-hydrogen) atoms. The number of benzene rings is 2. The molecule has 8 nitrogen and oxygen atoms in total. The Bertz CT molecular complexity index is 1070. The highest BCUT2D eigenvalue weighted by Gasteiger charge is 2.17. The molecule has 0 spiro atoms. The summed E-state index contributed by atoms with van der Waals surface area (Å²) in [5, 5.41) is 11.7. The number of carbonyl (C=O) groups excluding carboxylic acids is 1. The van der Waals surface area contributed by atoms with E-state index in [2.05, 4.69) is 26.1 Å². The molecule has 0 aromatic heterocycles. The molecule has 0 aliphatic heterocycles. The lowest BCUT2D eigenvalue weighted by molar-refractivity contribution is -0.137. The van der Waals surface area contributed by atoms with Gasteiger partial charge in [-0.3, -0.25) is 9.59 Å². The molecule has 0 fully saturated rings. The van der Waals surface area contributed by atoms with Gasteiger partial charge < -0.3 is 29.4 Å². The van der Waals surface area contributed by atoms with Crippen LogP contribution in [0.4, 0.5) is 5.69 Å². The minimum atomic E-state index is -0.871. The molecule has 2 rings (SSSR count). The third-order valence-electron chi connectivity index (χ3n) is 6.02. The number of carbonyl (C=O) groups is 2. The van der Waals surface area contributed by atoms with Gasteiger partial charge in [0, 0.05) is 12.5 Å². The van der Waals surface area contributed by atoms with Crippen LogP contribution in [0.5, 0.6) is 23.0 Å². The maximum Gasteiger partial charge on any atom is 0.303 e. The zero-order chi connectivity index (χ0) is 29.2. The summed E-state index contributed by atoms with van der Waals surface area (Å²) in [4.78, 5) is 23.7. The maximum absolute atomic E-state index is 13.0. The average Bonchev–Trinajstić information content (AvgIpc) is 2.93. The van der Waals surface area contributed by atoms with Crippen molar-refractivity contribution >= 4 is 23.1 Å². The molecule has 2 aromatic rings. The Morgan fingerprint density at radius 3 is 1.88 bits per heavy atom. The van der Waals surface area contributed by atoms with Crippen molar-refractivity contribution in [2.75, 3.05) is 31.7 Å². The van der Waals surface area contributed by atoms with Gasteiger partial charge in [-0.05, 0) is 68.0 Å². The van der Waals surface area contributed by atoms with Gasteiger partial charge >= 0.3 is 5.97 Å². The van der Waals surface area contributed by atoms with Crippen LogP contribution in [-0.2, 0) is 9.59 Å². The molecular formula is C32H45NO7. The van der Waals surface area contributed by atoms with Crippen molar-refractivity contribution in [1.82, 2.24) is 0 Å². The molecule has 0 heterocycles. The van der Waals surface area contributed by atoms with Crippen molar-refractivity contribution in [3.8, 4) is 23.0 Å². The van der Waals surface area contributed by atoms with Crippen molar-refractivity contribution in [3.63, 3.8) is 0 Å². The van der Waals surface area contributed by atoms with Gasteiger partial charge in [0.25, 0.3) is 0 Å². The number of unbranched alkanes of at least 4 members (excludes halogenated alkanes) is 3. The Labute approximate surface area is 238 Å². The third kappa shape index (κ3) is 11.6. The largest absolute Gasteiger partial charge is 0.491 e. The van der Waals surface area contributed by atoms with Crippen molar-refractivity contribution in [2.45, 2.75) is 79.1 Å². The van der Waals surface area contributed by atoms with Crippen LogP contribution in [0.3, 0.4) is 0 Å². The van der Waals surface area contributed by atoms with E-state index < -0.39 is 5.97 Å². The standard InChI is InChI=1S/C32H45NO7/c1-5-8-17-38-28-22-25(23-29(39-18-9-6-2)32(28)40-19-10-7-3)24(4)21-30(34)33-26-14-11-12-15-27(26)37-20-13-16-31(35)36/h11-12,14-15,21-23H,5-10,13,16-20H2,1-4H3,(H,33,34)(H,35,36)/b24-21+. The number of carboxylic acids is 1. The second kappa shape index (κ2) is 18.6. The normalized spacial score (nSPS) is 11.2. The molecule has 0 saturated heterocycles. The summed E-state index contributed by atoms with van der Waals surface area (Å²) in [5.41, 5.74) is 2.05. The predicted octanol–water partition coefficient (Wildman–Crippen LogP) is 7.51. The van der Waals surface area contributed by atoms with Crippen LogP contribution < -0.4 is 24.3 Å². The van der Waals surface area contributed by atoms with E-state index in [0.717, 1.165) is 49.7 Å². The highest BCUT2D eigenvalue weighted by molar-refractivity contribution is 6.04. The van der Waals surface area contributed by atoms with Crippen LogP contribution in [0.1, 0.15) is 84.6 Å². The van der Waals surface area contributed by atoms with E-state index in [4.69, 9.17) is 24.1 Å². The number of carboxylic acid groups (broad SMARTS) is 1. The van der Waals surface area contributed by atoms with E-state index in [1.54, 1.807) is 24.3 Å². The van der Waals surface area contributed by atoms with E-state index in [1.807, 2.05) is 19.1 Å². The van der Waals surface area contributed by atoms with E-state index in [9.17, 15) is 9.59 Å². The van der Waals surface area contributed by atoms with E-state index in [-0.39, 0.29) is 18.9 Å². The summed E-state index contributed by atoms with van der Waals surface area (Å²) in [6, 6.07) is 10.9. The lowest BCUT2D eigenvalue weighted by Crippen LogP contribution is -2.11. The van der Waals surface area contributed by atoms with Gasteiger partial charge in [0.2, 0.25) is 11.7 Å². The van der Waals surface area contributed by atoms with E-state index in [1.165, 1.54) is 6.08 Å². The first kappa shape index (κ1) is 32.5. The minimum Gasteiger partial charge on any atom is -0.491 e. The Morgan fingerprint density at radius 1 is 0.775 bits per heavy atom. The number of aliphatic carboxylic acids is 1.